The molecule has 5 heteroatoms. The van der Waals surface area contributed by atoms with Gasteiger partial charge >= 0.3 is 6.09 Å². The number of piperidine rings is 1. The molecule has 0 unspecified atom stereocenters. The maximum absolute atomic E-state index is 12.1. The molecule has 1 saturated heterocycles. The van der Waals surface area contributed by atoms with Gasteiger partial charge in [-0.15, -0.1) is 11.8 Å². The highest BCUT2D eigenvalue weighted by Crippen LogP contribution is 2.33. The lowest BCUT2D eigenvalue weighted by Gasteiger charge is -2.33. The molecule has 0 spiro atoms. The quantitative estimate of drug-likeness (QED) is 0.644. The minimum absolute atomic E-state index is 0.196. The summed E-state index contributed by atoms with van der Waals surface area (Å²) in [5.41, 5.74) is -0.434. The highest BCUT2D eigenvalue weighted by Gasteiger charge is 2.27. The summed E-state index contributed by atoms with van der Waals surface area (Å²) in [4.78, 5) is 15.2. The Morgan fingerprint density at radius 1 is 1.12 bits per heavy atom. The number of halogens is 1. The van der Waals surface area contributed by atoms with Crippen LogP contribution in [0.4, 0.5) is 4.79 Å². The van der Waals surface area contributed by atoms with E-state index < -0.39 is 5.60 Å². The Labute approximate surface area is 158 Å². The number of benzene rings is 2. The number of likely N-dealkylation sites (tertiary alicyclic amines) is 1. The van der Waals surface area contributed by atoms with Gasteiger partial charge in [-0.2, -0.15) is 0 Å². The molecule has 0 N–H and O–H groups in total. The summed E-state index contributed by atoms with van der Waals surface area (Å²) in [6.07, 6.45) is 1.78. The highest BCUT2D eigenvalue weighted by atomic mass is 35.5. The number of carbonyl (C=O) groups excluding carboxylic acids is 1. The first-order valence-corrected chi connectivity index (χ1v) is 9.90. The molecule has 1 fully saturated rings. The van der Waals surface area contributed by atoms with Crippen molar-refractivity contribution in [1.29, 1.82) is 0 Å². The first kappa shape index (κ1) is 18.4. The van der Waals surface area contributed by atoms with E-state index in [2.05, 4.69) is 24.3 Å². The van der Waals surface area contributed by atoms with E-state index in [0.29, 0.717) is 5.25 Å². The Bertz CT molecular complexity index is 764. The molecule has 0 atom stereocenters. The van der Waals surface area contributed by atoms with Crippen LogP contribution >= 0.6 is 23.4 Å². The number of rotatable bonds is 2. The molecule has 0 aliphatic carbocycles. The molecule has 2 aromatic carbocycles. The summed E-state index contributed by atoms with van der Waals surface area (Å²) in [6.45, 7) is 7.23. The Morgan fingerprint density at radius 2 is 1.76 bits per heavy atom. The zero-order valence-corrected chi connectivity index (χ0v) is 16.5. The van der Waals surface area contributed by atoms with Crippen LogP contribution in [0.25, 0.3) is 10.8 Å². The van der Waals surface area contributed by atoms with Crippen molar-refractivity contribution >= 4 is 40.2 Å². The minimum atomic E-state index is -0.434. The number of ether oxygens (including phenoxy) is 1. The SMILES string of the molecule is CC(C)(C)OC(=O)N1CCC(Sc2ccc3cc(Cl)ccc3c2)CC1. The lowest BCUT2D eigenvalue weighted by molar-refractivity contribution is 0.0219. The maximum Gasteiger partial charge on any atom is 0.410 e. The second kappa shape index (κ2) is 7.46. The molecule has 134 valence electrons. The largest absolute Gasteiger partial charge is 0.444 e. The van der Waals surface area contributed by atoms with E-state index in [-0.39, 0.29) is 6.09 Å². The number of carbonyl (C=O) groups is 1. The number of hydrogen-bond acceptors (Lipinski definition) is 3. The molecule has 1 heterocycles. The third-order valence-corrected chi connectivity index (χ3v) is 5.74. The number of fused-ring (bicyclic) bond motifs is 1. The van der Waals surface area contributed by atoms with Gasteiger partial charge in [0.1, 0.15) is 5.60 Å². The van der Waals surface area contributed by atoms with Gasteiger partial charge in [0.2, 0.25) is 0 Å². The third kappa shape index (κ3) is 5.05. The van der Waals surface area contributed by atoms with Crippen LogP contribution in [0.5, 0.6) is 0 Å². The molecule has 1 aliphatic heterocycles. The Hall–Kier alpha value is -1.39. The molecule has 0 radical (unpaired) electrons. The predicted molar refractivity (Wildman–Crippen MR) is 106 cm³/mol. The Balaban J connectivity index is 1.57. The van der Waals surface area contributed by atoms with Gasteiger partial charge in [-0.3, -0.25) is 0 Å². The zero-order chi connectivity index (χ0) is 18.0. The monoisotopic (exact) mass is 377 g/mol. The van der Waals surface area contributed by atoms with Crippen molar-refractivity contribution in [2.45, 2.75) is 49.4 Å². The van der Waals surface area contributed by atoms with Gasteiger partial charge in [-0.25, -0.2) is 4.79 Å². The fourth-order valence-corrected chi connectivity index (χ4v) is 4.30. The van der Waals surface area contributed by atoms with Gasteiger partial charge in [-0.1, -0.05) is 23.7 Å². The Kier molecular flexibility index (Phi) is 5.49. The highest BCUT2D eigenvalue weighted by molar-refractivity contribution is 8.00. The van der Waals surface area contributed by atoms with Crippen LogP contribution in [-0.2, 0) is 4.74 Å². The third-order valence-electron chi connectivity index (χ3n) is 4.17. The fraction of sp³-hybridized carbons (Fsp3) is 0.450. The van der Waals surface area contributed by atoms with Crippen molar-refractivity contribution < 1.29 is 9.53 Å². The topological polar surface area (TPSA) is 29.5 Å². The van der Waals surface area contributed by atoms with E-state index in [4.69, 9.17) is 16.3 Å². The minimum Gasteiger partial charge on any atom is -0.444 e. The van der Waals surface area contributed by atoms with Crippen LogP contribution in [0, 0.1) is 0 Å². The molecular formula is C20H24ClNO2S. The number of amides is 1. The van der Waals surface area contributed by atoms with Gasteiger partial charge in [-0.05, 0) is 68.7 Å². The smallest absolute Gasteiger partial charge is 0.410 e. The zero-order valence-electron chi connectivity index (χ0n) is 14.9. The van der Waals surface area contributed by atoms with Crippen molar-refractivity contribution in [3.8, 4) is 0 Å². The van der Waals surface area contributed by atoms with Gasteiger partial charge in [0.15, 0.2) is 0 Å². The lowest BCUT2D eigenvalue weighted by Crippen LogP contribution is -2.42. The van der Waals surface area contributed by atoms with Gasteiger partial charge < -0.3 is 9.64 Å². The molecular weight excluding hydrogens is 354 g/mol. The number of hydrogen-bond donors (Lipinski definition) is 0. The van der Waals surface area contributed by atoms with E-state index >= 15 is 0 Å². The van der Waals surface area contributed by atoms with Crippen molar-refractivity contribution in [1.82, 2.24) is 4.90 Å². The number of nitrogens with zero attached hydrogens (tertiary/aromatic N) is 1. The fourth-order valence-electron chi connectivity index (χ4n) is 2.94. The second-order valence-electron chi connectivity index (χ2n) is 7.44. The average molecular weight is 378 g/mol. The van der Waals surface area contributed by atoms with Gasteiger partial charge in [0.25, 0.3) is 0 Å². The van der Waals surface area contributed by atoms with E-state index in [1.54, 1.807) is 0 Å². The van der Waals surface area contributed by atoms with Crippen molar-refractivity contribution in [3.05, 3.63) is 41.4 Å². The first-order valence-electron chi connectivity index (χ1n) is 8.64. The molecule has 1 amide bonds. The van der Waals surface area contributed by atoms with E-state index in [1.807, 2.05) is 49.6 Å². The van der Waals surface area contributed by atoms with E-state index in [1.165, 1.54) is 10.3 Å². The molecule has 3 nitrogen and oxygen atoms in total. The van der Waals surface area contributed by atoms with Crippen molar-refractivity contribution in [2.75, 3.05) is 13.1 Å². The predicted octanol–water partition coefficient (Wildman–Crippen LogP) is 5.98. The first-order chi connectivity index (χ1) is 11.8. The van der Waals surface area contributed by atoms with Crippen LogP contribution in [-0.4, -0.2) is 34.9 Å². The number of thioether (sulfide) groups is 1. The summed E-state index contributed by atoms with van der Waals surface area (Å²) < 4.78 is 5.46. The van der Waals surface area contributed by atoms with Crippen molar-refractivity contribution in [3.63, 3.8) is 0 Å². The summed E-state index contributed by atoms with van der Waals surface area (Å²) in [5, 5.41) is 3.67. The van der Waals surface area contributed by atoms with Crippen LogP contribution in [0.1, 0.15) is 33.6 Å². The molecule has 0 bridgehead atoms. The summed E-state index contributed by atoms with van der Waals surface area (Å²) >= 11 is 7.94. The van der Waals surface area contributed by atoms with Crippen LogP contribution < -0.4 is 0 Å². The average Bonchev–Trinajstić information content (AvgIpc) is 2.54. The van der Waals surface area contributed by atoms with Crippen molar-refractivity contribution in [2.24, 2.45) is 0 Å². The van der Waals surface area contributed by atoms with Crippen LogP contribution in [0.3, 0.4) is 0 Å². The van der Waals surface area contributed by atoms with Gasteiger partial charge in [0, 0.05) is 28.3 Å². The standard InChI is InChI=1S/C20H24ClNO2S/c1-20(2,3)24-19(23)22-10-8-17(9-11-22)25-18-7-5-14-12-16(21)6-4-15(14)13-18/h4-7,12-13,17H,8-11H2,1-3H3. The van der Waals surface area contributed by atoms with Gasteiger partial charge in [0.05, 0.1) is 0 Å². The summed E-state index contributed by atoms with van der Waals surface area (Å²) in [5.74, 6) is 0. The normalized spacial score (nSPS) is 16.2. The maximum atomic E-state index is 12.1. The lowest BCUT2D eigenvalue weighted by atomic mass is 10.1. The van der Waals surface area contributed by atoms with Crippen LogP contribution in [0.15, 0.2) is 41.3 Å². The molecule has 2 aromatic rings. The molecule has 1 aliphatic rings. The Morgan fingerprint density at radius 3 is 2.44 bits per heavy atom. The van der Waals surface area contributed by atoms with Crippen LogP contribution in [0.2, 0.25) is 5.02 Å². The molecule has 3 rings (SSSR count). The van der Waals surface area contributed by atoms with E-state index in [0.717, 1.165) is 36.3 Å². The molecule has 0 saturated carbocycles. The second-order valence-corrected chi connectivity index (χ2v) is 9.25. The van der Waals surface area contributed by atoms with E-state index in [9.17, 15) is 4.79 Å². The molecule has 25 heavy (non-hydrogen) atoms. The summed E-state index contributed by atoms with van der Waals surface area (Å²) in [7, 11) is 0. The summed E-state index contributed by atoms with van der Waals surface area (Å²) in [6, 6.07) is 12.5. The molecule has 0 aromatic heterocycles.